The van der Waals surface area contributed by atoms with Crippen LogP contribution in [0, 0.1) is 5.82 Å². The molecular formula is C14H13Br2FN2. The smallest absolute Gasteiger partial charge is 0.142 e. The number of nitrogens with two attached hydrogens (primary N) is 1. The van der Waals surface area contributed by atoms with E-state index in [1.54, 1.807) is 18.2 Å². The van der Waals surface area contributed by atoms with Gasteiger partial charge in [0.2, 0.25) is 0 Å². The molecule has 0 heterocycles. The molecule has 0 radical (unpaired) electrons. The SMILES string of the molecule is NNC(Cc1ccc(Br)cc1)c1cccc(Br)c1F. The van der Waals surface area contributed by atoms with E-state index in [-0.39, 0.29) is 11.9 Å². The highest BCUT2D eigenvalue weighted by atomic mass is 79.9. The number of benzene rings is 2. The molecule has 5 heteroatoms. The molecule has 100 valence electrons. The lowest BCUT2D eigenvalue weighted by atomic mass is 9.99. The zero-order chi connectivity index (χ0) is 13.8. The van der Waals surface area contributed by atoms with Crippen LogP contribution in [-0.2, 0) is 6.42 Å². The highest BCUT2D eigenvalue weighted by molar-refractivity contribution is 9.10. The predicted molar refractivity (Wildman–Crippen MR) is 82.0 cm³/mol. The molecule has 2 nitrogen and oxygen atoms in total. The molecular weight excluding hydrogens is 375 g/mol. The Hall–Kier alpha value is -0.750. The first-order chi connectivity index (χ1) is 9.11. The van der Waals surface area contributed by atoms with Gasteiger partial charge in [0.15, 0.2) is 0 Å². The minimum atomic E-state index is -0.275. The quantitative estimate of drug-likeness (QED) is 0.612. The monoisotopic (exact) mass is 386 g/mol. The second kappa shape index (κ2) is 6.61. The van der Waals surface area contributed by atoms with Gasteiger partial charge in [-0.15, -0.1) is 0 Å². The summed E-state index contributed by atoms with van der Waals surface area (Å²) in [6.07, 6.45) is 0.622. The van der Waals surface area contributed by atoms with Crippen LogP contribution in [0.5, 0.6) is 0 Å². The van der Waals surface area contributed by atoms with E-state index in [9.17, 15) is 4.39 Å². The summed E-state index contributed by atoms with van der Waals surface area (Å²) in [7, 11) is 0. The van der Waals surface area contributed by atoms with Gasteiger partial charge in [0, 0.05) is 10.0 Å². The van der Waals surface area contributed by atoms with Crippen molar-refractivity contribution < 1.29 is 4.39 Å². The molecule has 0 fully saturated rings. The van der Waals surface area contributed by atoms with Gasteiger partial charge in [-0.3, -0.25) is 11.3 Å². The Morgan fingerprint density at radius 2 is 1.79 bits per heavy atom. The van der Waals surface area contributed by atoms with Gasteiger partial charge in [0.05, 0.1) is 10.5 Å². The van der Waals surface area contributed by atoms with Crippen molar-refractivity contribution in [3.05, 3.63) is 68.4 Å². The molecule has 19 heavy (non-hydrogen) atoms. The standard InChI is InChI=1S/C14H13Br2FN2/c15-10-6-4-9(5-7-10)8-13(19-18)11-2-1-3-12(16)14(11)17/h1-7,13,19H,8,18H2. The van der Waals surface area contributed by atoms with Crippen molar-refractivity contribution in [1.82, 2.24) is 5.43 Å². The maximum Gasteiger partial charge on any atom is 0.142 e. The molecule has 1 unspecified atom stereocenters. The Balaban J connectivity index is 2.25. The van der Waals surface area contributed by atoms with Gasteiger partial charge < -0.3 is 0 Å². The van der Waals surface area contributed by atoms with Crippen LogP contribution in [0.15, 0.2) is 51.4 Å². The molecule has 0 spiro atoms. The Morgan fingerprint density at radius 1 is 1.11 bits per heavy atom. The third kappa shape index (κ3) is 3.63. The van der Waals surface area contributed by atoms with Crippen LogP contribution < -0.4 is 11.3 Å². The van der Waals surface area contributed by atoms with Crippen molar-refractivity contribution in [3.8, 4) is 0 Å². The van der Waals surface area contributed by atoms with E-state index in [0.717, 1.165) is 10.0 Å². The lowest BCUT2D eigenvalue weighted by Crippen LogP contribution is -2.30. The Labute approximate surface area is 128 Å². The van der Waals surface area contributed by atoms with Crippen LogP contribution in [0.1, 0.15) is 17.2 Å². The van der Waals surface area contributed by atoms with Crippen LogP contribution in [0.2, 0.25) is 0 Å². The number of rotatable bonds is 4. The summed E-state index contributed by atoms with van der Waals surface area (Å²) >= 11 is 6.58. The van der Waals surface area contributed by atoms with E-state index in [1.165, 1.54) is 0 Å². The highest BCUT2D eigenvalue weighted by Crippen LogP contribution is 2.26. The molecule has 0 aliphatic carbocycles. The molecule has 0 aromatic heterocycles. The Bertz CT molecular complexity index is 558. The molecule has 0 bridgehead atoms. The average Bonchev–Trinajstić information content (AvgIpc) is 2.42. The number of hydrazine groups is 1. The molecule has 0 aliphatic rings. The molecule has 1 atom stereocenters. The van der Waals surface area contributed by atoms with Gasteiger partial charge in [0.25, 0.3) is 0 Å². The van der Waals surface area contributed by atoms with E-state index in [0.29, 0.717) is 16.5 Å². The minimum Gasteiger partial charge on any atom is -0.271 e. The topological polar surface area (TPSA) is 38.0 Å². The van der Waals surface area contributed by atoms with E-state index in [2.05, 4.69) is 37.3 Å². The Kier molecular flexibility index (Phi) is 5.10. The fourth-order valence-electron chi connectivity index (χ4n) is 1.90. The summed E-state index contributed by atoms with van der Waals surface area (Å²) in [5.74, 6) is 5.28. The summed E-state index contributed by atoms with van der Waals surface area (Å²) in [6.45, 7) is 0. The van der Waals surface area contributed by atoms with Crippen LogP contribution in [0.3, 0.4) is 0 Å². The zero-order valence-electron chi connectivity index (χ0n) is 10.0. The summed E-state index contributed by atoms with van der Waals surface area (Å²) in [4.78, 5) is 0. The minimum absolute atomic E-state index is 0.265. The van der Waals surface area contributed by atoms with Crippen molar-refractivity contribution >= 4 is 31.9 Å². The Morgan fingerprint density at radius 3 is 2.42 bits per heavy atom. The van der Waals surface area contributed by atoms with Crippen molar-refractivity contribution in [1.29, 1.82) is 0 Å². The fraction of sp³-hybridized carbons (Fsp3) is 0.143. The molecule has 3 N–H and O–H groups in total. The predicted octanol–water partition coefficient (Wildman–Crippen LogP) is 4.10. The third-order valence-corrected chi connectivity index (χ3v) is 4.05. The molecule has 0 amide bonds. The fourth-order valence-corrected chi connectivity index (χ4v) is 2.55. The molecule has 2 rings (SSSR count). The van der Waals surface area contributed by atoms with E-state index >= 15 is 0 Å². The van der Waals surface area contributed by atoms with Gasteiger partial charge in [-0.2, -0.15) is 0 Å². The first-order valence-electron chi connectivity index (χ1n) is 5.76. The summed E-state index contributed by atoms with van der Waals surface area (Å²) < 4.78 is 15.5. The van der Waals surface area contributed by atoms with E-state index in [1.807, 2.05) is 24.3 Å². The number of halogens is 3. The van der Waals surface area contributed by atoms with Gasteiger partial charge in [-0.25, -0.2) is 4.39 Å². The number of hydrogen-bond acceptors (Lipinski definition) is 2. The van der Waals surface area contributed by atoms with Crippen molar-refractivity contribution in [2.75, 3.05) is 0 Å². The van der Waals surface area contributed by atoms with Gasteiger partial charge >= 0.3 is 0 Å². The van der Waals surface area contributed by atoms with Gasteiger partial charge in [-0.1, -0.05) is 40.2 Å². The summed E-state index contributed by atoms with van der Waals surface area (Å²) in [6, 6.07) is 12.8. The average molecular weight is 388 g/mol. The van der Waals surface area contributed by atoms with Gasteiger partial charge in [0.1, 0.15) is 5.82 Å². The number of nitrogens with one attached hydrogen (secondary N) is 1. The first-order valence-corrected chi connectivity index (χ1v) is 7.35. The molecule has 0 saturated heterocycles. The lowest BCUT2D eigenvalue weighted by Gasteiger charge is -2.17. The molecule has 0 saturated carbocycles. The number of hydrogen-bond donors (Lipinski definition) is 2. The van der Waals surface area contributed by atoms with Crippen molar-refractivity contribution in [2.24, 2.45) is 5.84 Å². The first kappa shape index (κ1) is 14.7. The molecule has 2 aromatic carbocycles. The maximum atomic E-state index is 14.1. The van der Waals surface area contributed by atoms with Crippen LogP contribution >= 0.6 is 31.9 Å². The van der Waals surface area contributed by atoms with Crippen LogP contribution in [0.25, 0.3) is 0 Å². The van der Waals surface area contributed by atoms with Crippen molar-refractivity contribution in [3.63, 3.8) is 0 Å². The van der Waals surface area contributed by atoms with Crippen LogP contribution in [0.4, 0.5) is 4.39 Å². The van der Waals surface area contributed by atoms with Gasteiger partial charge in [-0.05, 0) is 46.1 Å². The summed E-state index contributed by atoms with van der Waals surface area (Å²) in [5, 5.41) is 0. The van der Waals surface area contributed by atoms with Crippen molar-refractivity contribution in [2.45, 2.75) is 12.5 Å². The largest absolute Gasteiger partial charge is 0.271 e. The molecule has 0 aliphatic heterocycles. The second-order valence-electron chi connectivity index (χ2n) is 4.19. The lowest BCUT2D eigenvalue weighted by molar-refractivity contribution is 0.508. The summed E-state index contributed by atoms with van der Waals surface area (Å²) in [5.41, 5.74) is 4.32. The third-order valence-electron chi connectivity index (χ3n) is 2.91. The van der Waals surface area contributed by atoms with E-state index < -0.39 is 0 Å². The highest BCUT2D eigenvalue weighted by Gasteiger charge is 2.16. The van der Waals surface area contributed by atoms with Crippen LogP contribution in [-0.4, -0.2) is 0 Å². The normalized spacial score (nSPS) is 12.4. The van der Waals surface area contributed by atoms with E-state index in [4.69, 9.17) is 5.84 Å². The second-order valence-corrected chi connectivity index (χ2v) is 5.96. The maximum absolute atomic E-state index is 14.1. The molecule has 2 aromatic rings. The zero-order valence-corrected chi connectivity index (χ0v) is 13.2.